The van der Waals surface area contributed by atoms with Gasteiger partial charge >= 0.3 is 12.1 Å². The summed E-state index contributed by atoms with van der Waals surface area (Å²) in [6, 6.07) is 0. The molecule has 5 atom stereocenters. The maximum Gasteiger partial charge on any atom is 0.410 e. The molecule has 2 heterocycles. The van der Waals surface area contributed by atoms with Crippen LogP contribution in [-0.4, -0.2) is 49.6 Å². The van der Waals surface area contributed by atoms with Gasteiger partial charge in [-0.25, -0.2) is 9.59 Å². The Labute approximate surface area is 132 Å². The Hall–Kier alpha value is -1.47. The summed E-state index contributed by atoms with van der Waals surface area (Å²) in [5, 5.41) is 2.52. The number of carbonyl (C=O) groups excluding carboxylic acids is 2. The molecule has 0 aromatic rings. The topological polar surface area (TPSA) is 86.4 Å². The van der Waals surface area contributed by atoms with Crippen molar-refractivity contribution >= 4 is 23.7 Å². The summed E-state index contributed by atoms with van der Waals surface area (Å²) in [5.74, 6) is -0.471. The standard InChI is InChI=1S/C14H18ClNO6/c1-14-9(22-14)5-7-8(11(17)19-2)6-20-12(10(7)14)21-13(18)16-4-3-15/h6-7,9-10,12H,3-5H2,1-2H3,(H,16,18)/t7-,9+,10+,12+,14+/m1/s1. The van der Waals surface area contributed by atoms with E-state index in [9.17, 15) is 9.59 Å². The van der Waals surface area contributed by atoms with E-state index in [0.29, 0.717) is 24.4 Å². The van der Waals surface area contributed by atoms with Crippen molar-refractivity contribution in [3.63, 3.8) is 0 Å². The van der Waals surface area contributed by atoms with E-state index < -0.39 is 24.0 Å². The lowest BCUT2D eigenvalue weighted by Crippen LogP contribution is -2.45. The van der Waals surface area contributed by atoms with Gasteiger partial charge in [-0.15, -0.1) is 11.6 Å². The molecule has 0 aromatic carbocycles. The number of epoxide rings is 1. The molecule has 0 aromatic heterocycles. The third kappa shape index (κ3) is 2.42. The number of methoxy groups -OCH3 is 1. The van der Waals surface area contributed by atoms with Gasteiger partial charge < -0.3 is 24.3 Å². The Morgan fingerprint density at radius 3 is 3.00 bits per heavy atom. The van der Waals surface area contributed by atoms with Gasteiger partial charge in [-0.05, 0) is 13.3 Å². The van der Waals surface area contributed by atoms with E-state index in [-0.39, 0.29) is 17.9 Å². The number of rotatable bonds is 4. The summed E-state index contributed by atoms with van der Waals surface area (Å²) in [4.78, 5) is 23.6. The van der Waals surface area contributed by atoms with Crippen LogP contribution in [-0.2, 0) is 23.7 Å². The highest BCUT2D eigenvalue weighted by Gasteiger charge is 2.71. The number of carbonyl (C=O) groups is 2. The molecule has 0 unspecified atom stereocenters. The number of alkyl halides is 1. The fourth-order valence-electron chi connectivity index (χ4n) is 3.43. The fourth-order valence-corrected chi connectivity index (χ4v) is 3.53. The minimum absolute atomic E-state index is 0.0502. The van der Waals surface area contributed by atoms with Crippen LogP contribution in [0.15, 0.2) is 11.8 Å². The molecule has 3 aliphatic rings. The van der Waals surface area contributed by atoms with E-state index in [2.05, 4.69) is 5.32 Å². The maximum absolute atomic E-state index is 11.9. The number of ether oxygens (including phenoxy) is 4. The van der Waals surface area contributed by atoms with Crippen LogP contribution in [0.3, 0.4) is 0 Å². The van der Waals surface area contributed by atoms with Gasteiger partial charge in [0.2, 0.25) is 0 Å². The fraction of sp³-hybridized carbons (Fsp3) is 0.714. The van der Waals surface area contributed by atoms with Gasteiger partial charge in [-0.3, -0.25) is 0 Å². The van der Waals surface area contributed by atoms with Crippen molar-refractivity contribution < 1.29 is 28.5 Å². The van der Waals surface area contributed by atoms with Gasteiger partial charge in [-0.1, -0.05) is 0 Å². The highest BCUT2D eigenvalue weighted by Crippen LogP contribution is 2.60. The molecule has 1 amide bonds. The van der Waals surface area contributed by atoms with Gasteiger partial charge in [-0.2, -0.15) is 0 Å². The van der Waals surface area contributed by atoms with Crippen molar-refractivity contribution in [3.8, 4) is 0 Å². The number of halogens is 1. The van der Waals surface area contributed by atoms with E-state index in [1.807, 2.05) is 6.92 Å². The van der Waals surface area contributed by atoms with Crippen LogP contribution >= 0.6 is 11.6 Å². The van der Waals surface area contributed by atoms with Gasteiger partial charge in [0.25, 0.3) is 6.29 Å². The molecule has 1 N–H and O–H groups in total. The summed E-state index contributed by atoms with van der Waals surface area (Å²) < 4.78 is 21.3. The minimum atomic E-state index is -0.800. The monoisotopic (exact) mass is 331 g/mol. The highest BCUT2D eigenvalue weighted by atomic mass is 35.5. The number of nitrogens with one attached hydrogen (secondary N) is 1. The molecular formula is C14H18ClNO6. The molecule has 8 heteroatoms. The van der Waals surface area contributed by atoms with Crippen molar-refractivity contribution in [1.29, 1.82) is 0 Å². The Kier molecular flexibility index (Phi) is 3.94. The van der Waals surface area contributed by atoms with E-state index in [4.69, 9.17) is 30.5 Å². The zero-order valence-electron chi connectivity index (χ0n) is 12.3. The summed E-state index contributed by atoms with van der Waals surface area (Å²) in [5.41, 5.74) is 0.0286. The zero-order chi connectivity index (χ0) is 15.9. The van der Waals surface area contributed by atoms with Crippen LogP contribution in [0, 0.1) is 11.8 Å². The number of alkyl carbamates (subject to hydrolysis) is 1. The van der Waals surface area contributed by atoms with Crippen LogP contribution in [0.5, 0.6) is 0 Å². The molecule has 1 saturated heterocycles. The van der Waals surface area contributed by atoms with Gasteiger partial charge in [0.05, 0.1) is 31.0 Å². The lowest BCUT2D eigenvalue weighted by molar-refractivity contribution is -0.150. The Morgan fingerprint density at radius 2 is 2.32 bits per heavy atom. The van der Waals surface area contributed by atoms with Crippen molar-refractivity contribution in [2.45, 2.75) is 31.3 Å². The van der Waals surface area contributed by atoms with Crippen molar-refractivity contribution in [1.82, 2.24) is 5.32 Å². The molecule has 2 aliphatic heterocycles. The maximum atomic E-state index is 11.9. The first-order chi connectivity index (χ1) is 10.5. The summed E-state index contributed by atoms with van der Waals surface area (Å²) >= 11 is 5.52. The number of hydrogen-bond acceptors (Lipinski definition) is 6. The predicted molar refractivity (Wildman–Crippen MR) is 75.1 cm³/mol. The number of fused-ring (bicyclic) bond motifs is 3. The quantitative estimate of drug-likeness (QED) is 0.472. The Balaban J connectivity index is 1.76. The van der Waals surface area contributed by atoms with Crippen LogP contribution in [0.1, 0.15) is 13.3 Å². The van der Waals surface area contributed by atoms with Gasteiger partial charge in [0.1, 0.15) is 5.60 Å². The lowest BCUT2D eigenvalue weighted by atomic mass is 9.82. The number of amides is 1. The third-order valence-electron chi connectivity index (χ3n) is 4.57. The van der Waals surface area contributed by atoms with E-state index >= 15 is 0 Å². The summed E-state index contributed by atoms with van der Waals surface area (Å²) in [6.07, 6.45) is 0.669. The summed E-state index contributed by atoms with van der Waals surface area (Å²) in [6.45, 7) is 2.25. The molecule has 122 valence electrons. The van der Waals surface area contributed by atoms with Gasteiger partial charge in [0, 0.05) is 18.3 Å². The number of esters is 1. The van der Waals surface area contributed by atoms with Gasteiger partial charge in [0.15, 0.2) is 0 Å². The zero-order valence-corrected chi connectivity index (χ0v) is 13.1. The summed E-state index contributed by atoms with van der Waals surface area (Å²) in [7, 11) is 1.33. The number of hydrogen-bond donors (Lipinski definition) is 1. The third-order valence-corrected chi connectivity index (χ3v) is 4.76. The Bertz CT molecular complexity index is 523. The average molecular weight is 332 g/mol. The second-order valence-corrected chi connectivity index (χ2v) is 6.13. The SMILES string of the molecule is COC(=O)C1=CO[C@@H](OC(=O)NCCCl)[C@@H]2[C@@H]1C[C@@H]1O[C@]21C. The molecule has 2 fully saturated rings. The molecule has 0 radical (unpaired) electrons. The van der Waals surface area contributed by atoms with Crippen molar-refractivity contribution in [3.05, 3.63) is 11.8 Å². The van der Waals surface area contributed by atoms with Crippen molar-refractivity contribution in [2.75, 3.05) is 19.5 Å². The first-order valence-electron chi connectivity index (χ1n) is 7.13. The molecule has 1 saturated carbocycles. The molecule has 22 heavy (non-hydrogen) atoms. The van der Waals surface area contributed by atoms with E-state index in [0.717, 1.165) is 0 Å². The average Bonchev–Trinajstić information content (AvgIpc) is 3.06. The smallest absolute Gasteiger partial charge is 0.410 e. The molecule has 1 aliphatic carbocycles. The van der Waals surface area contributed by atoms with Crippen LogP contribution in [0.4, 0.5) is 4.79 Å². The normalized spacial score (nSPS) is 38.0. The lowest BCUT2D eigenvalue weighted by Gasteiger charge is -2.35. The van der Waals surface area contributed by atoms with Crippen LogP contribution in [0.2, 0.25) is 0 Å². The molecule has 3 rings (SSSR count). The molecule has 0 bridgehead atoms. The second kappa shape index (κ2) is 5.62. The second-order valence-electron chi connectivity index (χ2n) is 5.75. The van der Waals surface area contributed by atoms with Crippen LogP contribution < -0.4 is 5.32 Å². The molecule has 7 nitrogen and oxygen atoms in total. The van der Waals surface area contributed by atoms with E-state index in [1.54, 1.807) is 0 Å². The Morgan fingerprint density at radius 1 is 1.55 bits per heavy atom. The first kappa shape index (κ1) is 15.4. The van der Waals surface area contributed by atoms with E-state index in [1.165, 1.54) is 13.4 Å². The molecular weight excluding hydrogens is 314 g/mol. The van der Waals surface area contributed by atoms with Crippen molar-refractivity contribution in [2.24, 2.45) is 11.8 Å². The highest BCUT2D eigenvalue weighted by molar-refractivity contribution is 6.18. The molecule has 0 spiro atoms. The first-order valence-corrected chi connectivity index (χ1v) is 7.66. The predicted octanol–water partition coefficient (Wildman–Crippen LogP) is 1.16. The van der Waals surface area contributed by atoms with Crippen LogP contribution in [0.25, 0.3) is 0 Å². The minimum Gasteiger partial charge on any atom is -0.466 e. The largest absolute Gasteiger partial charge is 0.466 e.